The van der Waals surface area contributed by atoms with Gasteiger partial charge < -0.3 is 15.0 Å². The monoisotopic (exact) mass is 344 g/mol. The maximum atomic E-state index is 12.9. The number of hydrogen-bond acceptors (Lipinski definition) is 4. The van der Waals surface area contributed by atoms with E-state index in [9.17, 15) is 14.4 Å². The van der Waals surface area contributed by atoms with Crippen LogP contribution in [-0.4, -0.2) is 42.9 Å². The van der Waals surface area contributed by atoms with E-state index in [-0.39, 0.29) is 17.4 Å². The summed E-state index contributed by atoms with van der Waals surface area (Å²) >= 11 is 0. The fraction of sp³-hybridized carbons (Fsp3) is 0.526. The Hall–Kier alpha value is -2.37. The largest absolute Gasteiger partial charge is 0.465 e. The zero-order valence-corrected chi connectivity index (χ0v) is 14.5. The third kappa shape index (κ3) is 3.52. The molecule has 0 unspecified atom stereocenters. The Morgan fingerprint density at radius 2 is 1.68 bits per heavy atom. The van der Waals surface area contributed by atoms with Crippen LogP contribution in [-0.2, 0) is 14.3 Å². The molecule has 2 aliphatic rings. The molecule has 1 aromatic carbocycles. The van der Waals surface area contributed by atoms with Crippen molar-refractivity contribution in [1.29, 1.82) is 0 Å². The number of carbonyl (C=O) groups is 3. The summed E-state index contributed by atoms with van der Waals surface area (Å²) in [5.41, 5.74) is -0.293. The van der Waals surface area contributed by atoms with Gasteiger partial charge in [-0.1, -0.05) is 25.0 Å². The zero-order chi connectivity index (χ0) is 17.9. The van der Waals surface area contributed by atoms with Gasteiger partial charge >= 0.3 is 5.97 Å². The highest BCUT2D eigenvalue weighted by atomic mass is 16.5. The van der Waals surface area contributed by atoms with E-state index in [1.807, 2.05) is 4.90 Å². The highest BCUT2D eigenvalue weighted by molar-refractivity contribution is 6.14. The molecule has 0 spiro atoms. The Morgan fingerprint density at radius 1 is 1.04 bits per heavy atom. The lowest BCUT2D eigenvalue weighted by atomic mass is 10.0. The molecule has 2 fully saturated rings. The summed E-state index contributed by atoms with van der Waals surface area (Å²) in [6.07, 6.45) is 5.39. The third-order valence-corrected chi connectivity index (χ3v) is 5.07. The minimum atomic E-state index is -0.965. The lowest BCUT2D eigenvalue weighted by Gasteiger charge is -2.25. The average molecular weight is 344 g/mol. The fourth-order valence-electron chi connectivity index (χ4n) is 3.36. The summed E-state index contributed by atoms with van der Waals surface area (Å²) in [5.74, 6) is -0.903. The maximum Gasteiger partial charge on any atom is 0.339 e. The Bertz CT molecular complexity index is 674. The molecule has 1 aromatic rings. The zero-order valence-electron chi connectivity index (χ0n) is 14.5. The molecule has 0 atom stereocenters. The number of nitrogens with zero attached hydrogens (tertiary/aromatic N) is 1. The predicted molar refractivity (Wildman–Crippen MR) is 93.1 cm³/mol. The third-order valence-electron chi connectivity index (χ3n) is 5.07. The topological polar surface area (TPSA) is 75.7 Å². The molecule has 1 heterocycles. The second kappa shape index (κ2) is 7.25. The van der Waals surface area contributed by atoms with Crippen molar-refractivity contribution in [2.24, 2.45) is 5.41 Å². The average Bonchev–Trinajstić information content (AvgIpc) is 3.45. The van der Waals surface area contributed by atoms with Gasteiger partial charge in [-0.05, 0) is 37.8 Å². The number of nitrogens with one attached hydrogen (secondary N) is 1. The molecule has 1 aliphatic heterocycles. The number of ether oxygens (including phenoxy) is 1. The lowest BCUT2D eigenvalue weighted by molar-refractivity contribution is -0.142. The number of esters is 1. The van der Waals surface area contributed by atoms with E-state index < -0.39 is 11.4 Å². The Morgan fingerprint density at radius 3 is 2.28 bits per heavy atom. The predicted octanol–water partition coefficient (Wildman–Crippen LogP) is 2.59. The summed E-state index contributed by atoms with van der Waals surface area (Å²) < 4.78 is 4.75. The number of para-hydroxylation sites is 1. The van der Waals surface area contributed by atoms with E-state index in [1.165, 1.54) is 7.11 Å². The SMILES string of the molecule is COC(=O)c1ccccc1NC(=O)C1(C(=O)N2CCCCCC2)CC1. The molecule has 3 rings (SSSR count). The number of anilines is 1. The second-order valence-corrected chi connectivity index (χ2v) is 6.78. The van der Waals surface area contributed by atoms with E-state index in [0.717, 1.165) is 38.8 Å². The van der Waals surface area contributed by atoms with E-state index in [0.29, 0.717) is 18.5 Å². The number of likely N-dealkylation sites (tertiary alicyclic amines) is 1. The first-order valence-corrected chi connectivity index (χ1v) is 8.87. The second-order valence-electron chi connectivity index (χ2n) is 6.78. The fourth-order valence-corrected chi connectivity index (χ4v) is 3.36. The minimum Gasteiger partial charge on any atom is -0.465 e. The van der Waals surface area contributed by atoms with Crippen LogP contribution in [0.2, 0.25) is 0 Å². The molecule has 1 N–H and O–H groups in total. The van der Waals surface area contributed by atoms with Crippen molar-refractivity contribution < 1.29 is 19.1 Å². The first-order chi connectivity index (χ1) is 12.1. The van der Waals surface area contributed by atoms with Crippen molar-refractivity contribution in [2.75, 3.05) is 25.5 Å². The highest BCUT2D eigenvalue weighted by Gasteiger charge is 2.58. The summed E-state index contributed by atoms with van der Waals surface area (Å²) in [6.45, 7) is 1.46. The highest BCUT2D eigenvalue weighted by Crippen LogP contribution is 2.48. The van der Waals surface area contributed by atoms with E-state index in [4.69, 9.17) is 4.74 Å². The maximum absolute atomic E-state index is 12.9. The molecule has 0 bridgehead atoms. The van der Waals surface area contributed by atoms with Gasteiger partial charge in [0.25, 0.3) is 0 Å². The smallest absolute Gasteiger partial charge is 0.339 e. The molecule has 134 valence electrons. The number of carbonyl (C=O) groups excluding carboxylic acids is 3. The van der Waals surface area contributed by atoms with E-state index in [2.05, 4.69) is 5.32 Å². The number of methoxy groups -OCH3 is 1. The Balaban J connectivity index is 1.75. The first kappa shape index (κ1) is 17.5. The number of rotatable bonds is 4. The van der Waals surface area contributed by atoms with Crippen LogP contribution in [0.5, 0.6) is 0 Å². The molecule has 0 aromatic heterocycles. The lowest BCUT2D eigenvalue weighted by Crippen LogP contribution is -2.43. The molecule has 2 amide bonds. The van der Waals surface area contributed by atoms with Crippen LogP contribution < -0.4 is 5.32 Å². The van der Waals surface area contributed by atoms with Crippen LogP contribution in [0.3, 0.4) is 0 Å². The van der Waals surface area contributed by atoms with Gasteiger partial charge in [-0.2, -0.15) is 0 Å². The van der Waals surface area contributed by atoms with Gasteiger partial charge in [0, 0.05) is 13.1 Å². The van der Waals surface area contributed by atoms with Crippen molar-refractivity contribution >= 4 is 23.5 Å². The van der Waals surface area contributed by atoms with Crippen LogP contribution in [0.25, 0.3) is 0 Å². The molecule has 0 radical (unpaired) electrons. The summed E-state index contributed by atoms with van der Waals surface area (Å²) in [7, 11) is 1.30. The molecule has 1 aliphatic carbocycles. The van der Waals surface area contributed by atoms with Gasteiger partial charge in [-0.3, -0.25) is 9.59 Å². The number of amides is 2. The van der Waals surface area contributed by atoms with Crippen LogP contribution >= 0.6 is 0 Å². The molecule has 1 saturated carbocycles. The van der Waals surface area contributed by atoms with Crippen LogP contribution in [0, 0.1) is 5.41 Å². The van der Waals surface area contributed by atoms with Gasteiger partial charge in [0.05, 0.1) is 18.4 Å². The summed E-state index contributed by atoms with van der Waals surface area (Å²) in [4.78, 5) is 39.4. The van der Waals surface area contributed by atoms with Gasteiger partial charge in [-0.15, -0.1) is 0 Å². The molecule has 6 heteroatoms. The first-order valence-electron chi connectivity index (χ1n) is 8.87. The van der Waals surface area contributed by atoms with Crippen molar-refractivity contribution in [2.45, 2.75) is 38.5 Å². The van der Waals surface area contributed by atoms with Gasteiger partial charge in [0.2, 0.25) is 11.8 Å². The van der Waals surface area contributed by atoms with Crippen molar-refractivity contribution in [3.63, 3.8) is 0 Å². The van der Waals surface area contributed by atoms with Crippen LogP contribution in [0.4, 0.5) is 5.69 Å². The number of hydrogen-bond donors (Lipinski definition) is 1. The summed E-state index contributed by atoms with van der Waals surface area (Å²) in [6, 6.07) is 6.68. The van der Waals surface area contributed by atoms with E-state index >= 15 is 0 Å². The van der Waals surface area contributed by atoms with Crippen molar-refractivity contribution in [3.05, 3.63) is 29.8 Å². The Kier molecular flexibility index (Phi) is 5.06. The molecular formula is C19H24N2O4. The van der Waals surface area contributed by atoms with Gasteiger partial charge in [-0.25, -0.2) is 4.79 Å². The molecule has 1 saturated heterocycles. The normalized spacial score (nSPS) is 18.8. The van der Waals surface area contributed by atoms with Crippen molar-refractivity contribution in [3.8, 4) is 0 Å². The Labute approximate surface area is 147 Å². The molecule has 25 heavy (non-hydrogen) atoms. The standard InChI is InChI=1S/C19H24N2O4/c1-25-16(22)14-8-4-5-9-15(14)20-17(23)19(10-11-19)18(24)21-12-6-2-3-7-13-21/h4-5,8-9H,2-3,6-7,10-13H2,1H3,(H,20,23). The van der Waals surface area contributed by atoms with Gasteiger partial charge in [0.15, 0.2) is 0 Å². The van der Waals surface area contributed by atoms with Crippen LogP contribution in [0.1, 0.15) is 48.9 Å². The molecule has 6 nitrogen and oxygen atoms in total. The minimum absolute atomic E-state index is 0.0672. The summed E-state index contributed by atoms with van der Waals surface area (Å²) in [5, 5.41) is 2.78. The van der Waals surface area contributed by atoms with Crippen LogP contribution in [0.15, 0.2) is 24.3 Å². The van der Waals surface area contributed by atoms with Gasteiger partial charge in [0.1, 0.15) is 5.41 Å². The molecular weight excluding hydrogens is 320 g/mol. The van der Waals surface area contributed by atoms with Crippen molar-refractivity contribution in [1.82, 2.24) is 4.90 Å². The quantitative estimate of drug-likeness (QED) is 0.673. The number of benzene rings is 1. The van der Waals surface area contributed by atoms with E-state index in [1.54, 1.807) is 24.3 Å².